The Hall–Kier alpha value is -3.01. The number of aromatic nitrogens is 1. The molecule has 4 heteroatoms. The molecule has 2 heterocycles. The fourth-order valence-corrected chi connectivity index (χ4v) is 3.58. The Morgan fingerprint density at radius 3 is 2.00 bits per heavy atom. The Kier molecular flexibility index (Phi) is 4.97. The van der Waals surface area contributed by atoms with Crippen LogP contribution in [0.5, 0.6) is 0 Å². The Bertz CT molecular complexity index is 874. The number of benzene rings is 2. The van der Waals surface area contributed by atoms with Gasteiger partial charge in [-0.3, -0.25) is 4.79 Å². The summed E-state index contributed by atoms with van der Waals surface area (Å²) in [5.41, 5.74) is 4.43. The largest absolute Gasteiger partial charge is 0.368 e. The Morgan fingerprint density at radius 2 is 1.41 bits per heavy atom. The summed E-state index contributed by atoms with van der Waals surface area (Å²) in [6, 6.07) is 20.7. The summed E-state index contributed by atoms with van der Waals surface area (Å²) >= 11 is 0. The predicted octanol–water partition coefficient (Wildman–Crippen LogP) is 4.00. The lowest BCUT2D eigenvalue weighted by molar-refractivity contribution is 0.0747. The summed E-state index contributed by atoms with van der Waals surface area (Å²) < 4.78 is 2.10. The van der Waals surface area contributed by atoms with Crippen molar-refractivity contribution in [2.45, 2.75) is 13.3 Å². The molecule has 138 valence electrons. The van der Waals surface area contributed by atoms with E-state index < -0.39 is 0 Å². The van der Waals surface area contributed by atoms with E-state index in [2.05, 4.69) is 52.8 Å². The molecule has 0 radical (unpaired) electrons. The van der Waals surface area contributed by atoms with Gasteiger partial charge in [-0.2, -0.15) is 0 Å². The Morgan fingerprint density at radius 1 is 0.815 bits per heavy atom. The van der Waals surface area contributed by atoms with E-state index >= 15 is 0 Å². The molecule has 4 nitrogen and oxygen atoms in total. The molecule has 0 unspecified atom stereocenters. The van der Waals surface area contributed by atoms with Crippen LogP contribution in [0.3, 0.4) is 0 Å². The first kappa shape index (κ1) is 17.4. The molecule has 0 aliphatic carbocycles. The zero-order valence-electron chi connectivity index (χ0n) is 15.7. The van der Waals surface area contributed by atoms with Crippen molar-refractivity contribution in [1.29, 1.82) is 0 Å². The molecule has 1 fully saturated rings. The number of anilines is 1. The van der Waals surface area contributed by atoms with Crippen LogP contribution < -0.4 is 4.90 Å². The molecule has 0 saturated carbocycles. The number of rotatable bonds is 4. The topological polar surface area (TPSA) is 28.5 Å². The van der Waals surface area contributed by atoms with Crippen molar-refractivity contribution >= 4 is 11.6 Å². The van der Waals surface area contributed by atoms with Gasteiger partial charge in [0.05, 0.1) is 0 Å². The maximum Gasteiger partial charge on any atom is 0.253 e. The lowest BCUT2D eigenvalue weighted by Crippen LogP contribution is -2.48. The van der Waals surface area contributed by atoms with E-state index in [0.29, 0.717) is 0 Å². The van der Waals surface area contributed by atoms with E-state index in [1.807, 2.05) is 41.6 Å². The van der Waals surface area contributed by atoms with Crippen LogP contribution in [0, 0.1) is 0 Å². The van der Waals surface area contributed by atoms with Crippen molar-refractivity contribution in [2.75, 3.05) is 31.1 Å². The zero-order valence-corrected chi connectivity index (χ0v) is 15.7. The van der Waals surface area contributed by atoms with Crippen LogP contribution in [0.1, 0.15) is 22.8 Å². The highest BCUT2D eigenvalue weighted by atomic mass is 16.2. The van der Waals surface area contributed by atoms with Gasteiger partial charge in [0.1, 0.15) is 0 Å². The molecule has 3 aromatic rings. The monoisotopic (exact) mass is 359 g/mol. The van der Waals surface area contributed by atoms with Gasteiger partial charge in [0.15, 0.2) is 0 Å². The number of carbonyl (C=O) groups is 1. The molecule has 27 heavy (non-hydrogen) atoms. The molecule has 0 N–H and O–H groups in total. The molecule has 0 spiro atoms. The summed E-state index contributed by atoms with van der Waals surface area (Å²) in [6.45, 7) is 5.37. The standard InChI is InChI=1S/C23H25N3O/c1-2-19-5-7-20(8-6-19)23(27)26-17-15-25(16-18-26)22-11-9-21(10-12-22)24-13-3-4-14-24/h3-14H,2,15-18H2,1H3. The van der Waals surface area contributed by atoms with Gasteiger partial charge in [0.25, 0.3) is 5.91 Å². The van der Waals surface area contributed by atoms with Crippen molar-refractivity contribution in [3.05, 3.63) is 84.2 Å². The molecule has 4 rings (SSSR count). The third kappa shape index (κ3) is 3.75. The zero-order chi connectivity index (χ0) is 18.6. The second-order valence-electron chi connectivity index (χ2n) is 6.94. The summed E-state index contributed by atoms with van der Waals surface area (Å²) in [4.78, 5) is 17.0. The van der Waals surface area contributed by atoms with E-state index in [1.165, 1.54) is 11.3 Å². The average Bonchev–Trinajstić information content (AvgIpc) is 3.28. The smallest absolute Gasteiger partial charge is 0.253 e. The van der Waals surface area contributed by atoms with Crippen LogP contribution in [0.15, 0.2) is 73.1 Å². The van der Waals surface area contributed by atoms with Crippen LogP contribution in [-0.2, 0) is 6.42 Å². The Labute approximate surface area is 160 Å². The quantitative estimate of drug-likeness (QED) is 0.704. The van der Waals surface area contributed by atoms with Crippen molar-refractivity contribution in [3.63, 3.8) is 0 Å². The average molecular weight is 359 g/mol. The summed E-state index contributed by atoms with van der Waals surface area (Å²) in [5.74, 6) is 0.139. The lowest BCUT2D eigenvalue weighted by Gasteiger charge is -2.36. The number of aryl methyl sites for hydroxylation is 1. The van der Waals surface area contributed by atoms with Gasteiger partial charge in [-0.05, 0) is 60.5 Å². The van der Waals surface area contributed by atoms with Gasteiger partial charge in [-0.15, -0.1) is 0 Å². The van der Waals surface area contributed by atoms with Crippen LogP contribution in [0.2, 0.25) is 0 Å². The predicted molar refractivity (Wildman–Crippen MR) is 110 cm³/mol. The van der Waals surface area contributed by atoms with E-state index in [9.17, 15) is 4.79 Å². The van der Waals surface area contributed by atoms with E-state index in [4.69, 9.17) is 0 Å². The van der Waals surface area contributed by atoms with Crippen molar-refractivity contribution in [3.8, 4) is 5.69 Å². The first-order chi connectivity index (χ1) is 13.2. The summed E-state index contributed by atoms with van der Waals surface area (Å²) in [5, 5.41) is 0. The highest BCUT2D eigenvalue weighted by Crippen LogP contribution is 2.20. The molecule has 2 aromatic carbocycles. The minimum absolute atomic E-state index is 0.139. The fraction of sp³-hybridized carbons (Fsp3) is 0.261. The first-order valence-electron chi connectivity index (χ1n) is 9.61. The first-order valence-corrected chi connectivity index (χ1v) is 9.61. The lowest BCUT2D eigenvalue weighted by atomic mass is 10.1. The van der Waals surface area contributed by atoms with Crippen LogP contribution in [-0.4, -0.2) is 41.6 Å². The second kappa shape index (κ2) is 7.70. The van der Waals surface area contributed by atoms with Crippen molar-refractivity contribution in [2.24, 2.45) is 0 Å². The van der Waals surface area contributed by atoms with E-state index in [1.54, 1.807) is 0 Å². The molecule has 1 saturated heterocycles. The van der Waals surface area contributed by atoms with Crippen molar-refractivity contribution in [1.82, 2.24) is 9.47 Å². The van der Waals surface area contributed by atoms with Gasteiger partial charge in [0.2, 0.25) is 0 Å². The molecular formula is C23H25N3O. The number of hydrogen-bond donors (Lipinski definition) is 0. The van der Waals surface area contributed by atoms with Crippen LogP contribution in [0.25, 0.3) is 5.69 Å². The SMILES string of the molecule is CCc1ccc(C(=O)N2CCN(c3ccc(-n4cccc4)cc3)CC2)cc1. The van der Waals surface area contributed by atoms with Crippen LogP contribution >= 0.6 is 0 Å². The fourth-order valence-electron chi connectivity index (χ4n) is 3.58. The number of carbonyl (C=O) groups excluding carboxylic acids is 1. The molecular weight excluding hydrogens is 334 g/mol. The number of piperazine rings is 1. The molecule has 0 bridgehead atoms. The third-order valence-corrected chi connectivity index (χ3v) is 5.29. The van der Waals surface area contributed by atoms with Gasteiger partial charge in [-0.25, -0.2) is 0 Å². The van der Waals surface area contributed by atoms with Crippen molar-refractivity contribution < 1.29 is 4.79 Å². The molecule has 1 aliphatic heterocycles. The van der Waals surface area contributed by atoms with Gasteiger partial charge in [-0.1, -0.05) is 19.1 Å². The minimum Gasteiger partial charge on any atom is -0.368 e. The summed E-state index contributed by atoms with van der Waals surface area (Å²) in [6.07, 6.45) is 5.09. The maximum absolute atomic E-state index is 12.7. The molecule has 1 amide bonds. The van der Waals surface area contributed by atoms with E-state index in [-0.39, 0.29) is 5.91 Å². The molecule has 0 atom stereocenters. The highest BCUT2D eigenvalue weighted by molar-refractivity contribution is 5.94. The van der Waals surface area contributed by atoms with Gasteiger partial charge in [0, 0.05) is 55.5 Å². The van der Waals surface area contributed by atoms with Gasteiger partial charge < -0.3 is 14.4 Å². The molecule has 1 aliphatic rings. The maximum atomic E-state index is 12.7. The molecule has 1 aromatic heterocycles. The number of amides is 1. The highest BCUT2D eigenvalue weighted by Gasteiger charge is 2.22. The third-order valence-electron chi connectivity index (χ3n) is 5.29. The Balaban J connectivity index is 1.37. The normalized spacial score (nSPS) is 14.4. The second-order valence-corrected chi connectivity index (χ2v) is 6.94. The number of hydrogen-bond acceptors (Lipinski definition) is 2. The van der Waals surface area contributed by atoms with E-state index in [0.717, 1.165) is 43.9 Å². The minimum atomic E-state index is 0.139. The number of nitrogens with zero attached hydrogens (tertiary/aromatic N) is 3. The van der Waals surface area contributed by atoms with Gasteiger partial charge >= 0.3 is 0 Å². The summed E-state index contributed by atoms with van der Waals surface area (Å²) in [7, 11) is 0. The van der Waals surface area contributed by atoms with Crippen LogP contribution in [0.4, 0.5) is 5.69 Å².